The standard InChI is InChI=1S/C8H7BrClF2NO/c1-14-5-3-13-7(8(11)12)6(9)4(5)2-10/h3,8H,2H2,1H3. The molecule has 1 heterocycles. The van der Waals surface area contributed by atoms with Crippen molar-refractivity contribution in [2.45, 2.75) is 12.3 Å². The molecule has 0 radical (unpaired) electrons. The average Bonchev–Trinajstić information content (AvgIpc) is 2.16. The van der Waals surface area contributed by atoms with Gasteiger partial charge >= 0.3 is 0 Å². The Hall–Kier alpha value is -0.420. The third-order valence-electron chi connectivity index (χ3n) is 1.67. The minimum Gasteiger partial charge on any atom is -0.495 e. The highest BCUT2D eigenvalue weighted by molar-refractivity contribution is 9.10. The Labute approximate surface area is 93.4 Å². The summed E-state index contributed by atoms with van der Waals surface area (Å²) < 4.78 is 29.9. The average molecular weight is 287 g/mol. The molecule has 0 aliphatic heterocycles. The summed E-state index contributed by atoms with van der Waals surface area (Å²) in [4.78, 5) is 3.58. The van der Waals surface area contributed by atoms with Gasteiger partial charge in [0.15, 0.2) is 0 Å². The van der Waals surface area contributed by atoms with Crippen molar-refractivity contribution in [1.82, 2.24) is 4.98 Å². The van der Waals surface area contributed by atoms with E-state index in [2.05, 4.69) is 20.9 Å². The molecule has 0 aromatic carbocycles. The van der Waals surface area contributed by atoms with E-state index < -0.39 is 6.43 Å². The van der Waals surface area contributed by atoms with Crippen molar-refractivity contribution in [2.75, 3.05) is 7.11 Å². The van der Waals surface area contributed by atoms with Crippen LogP contribution in [-0.4, -0.2) is 12.1 Å². The maximum atomic E-state index is 12.4. The first-order valence-corrected chi connectivity index (χ1v) is 5.00. The van der Waals surface area contributed by atoms with Gasteiger partial charge in [0.05, 0.1) is 23.7 Å². The van der Waals surface area contributed by atoms with Gasteiger partial charge in [-0.3, -0.25) is 4.98 Å². The lowest BCUT2D eigenvalue weighted by Crippen LogP contribution is -1.99. The van der Waals surface area contributed by atoms with Gasteiger partial charge in [0.2, 0.25) is 0 Å². The molecular formula is C8H7BrClF2NO. The van der Waals surface area contributed by atoms with Crippen LogP contribution < -0.4 is 4.74 Å². The van der Waals surface area contributed by atoms with Crippen molar-refractivity contribution >= 4 is 27.5 Å². The molecule has 0 bridgehead atoms. The van der Waals surface area contributed by atoms with Crippen LogP contribution in [0.1, 0.15) is 17.7 Å². The van der Waals surface area contributed by atoms with Crippen LogP contribution in [0.3, 0.4) is 0 Å². The number of halogens is 4. The number of methoxy groups -OCH3 is 1. The van der Waals surface area contributed by atoms with Gasteiger partial charge in [-0.15, -0.1) is 11.6 Å². The van der Waals surface area contributed by atoms with Crippen molar-refractivity contribution in [3.05, 3.63) is 21.9 Å². The number of aromatic nitrogens is 1. The molecule has 0 fully saturated rings. The zero-order valence-electron chi connectivity index (χ0n) is 7.23. The molecule has 6 heteroatoms. The molecule has 0 aliphatic carbocycles. The molecule has 0 amide bonds. The highest BCUT2D eigenvalue weighted by Gasteiger charge is 2.18. The Morgan fingerprint density at radius 3 is 2.71 bits per heavy atom. The lowest BCUT2D eigenvalue weighted by molar-refractivity contribution is 0.145. The van der Waals surface area contributed by atoms with Gasteiger partial charge in [-0.1, -0.05) is 0 Å². The Morgan fingerprint density at radius 2 is 2.29 bits per heavy atom. The summed E-state index contributed by atoms with van der Waals surface area (Å²) in [7, 11) is 1.43. The van der Waals surface area contributed by atoms with Crippen LogP contribution in [0, 0.1) is 0 Å². The zero-order chi connectivity index (χ0) is 10.7. The Kier molecular flexibility index (Phi) is 4.07. The van der Waals surface area contributed by atoms with Gasteiger partial charge < -0.3 is 4.74 Å². The lowest BCUT2D eigenvalue weighted by Gasteiger charge is -2.10. The second kappa shape index (κ2) is 4.89. The molecule has 1 aromatic rings. The van der Waals surface area contributed by atoms with E-state index >= 15 is 0 Å². The van der Waals surface area contributed by atoms with Crippen molar-refractivity contribution < 1.29 is 13.5 Å². The summed E-state index contributed by atoms with van der Waals surface area (Å²) in [6.07, 6.45) is -1.39. The second-order valence-electron chi connectivity index (χ2n) is 2.44. The topological polar surface area (TPSA) is 22.1 Å². The van der Waals surface area contributed by atoms with Crippen molar-refractivity contribution in [1.29, 1.82) is 0 Å². The maximum absolute atomic E-state index is 12.4. The monoisotopic (exact) mass is 285 g/mol. The predicted molar refractivity (Wildman–Crippen MR) is 53.0 cm³/mol. The maximum Gasteiger partial charge on any atom is 0.281 e. The Bertz CT molecular complexity index is 335. The molecule has 14 heavy (non-hydrogen) atoms. The van der Waals surface area contributed by atoms with E-state index in [4.69, 9.17) is 16.3 Å². The van der Waals surface area contributed by atoms with E-state index in [9.17, 15) is 8.78 Å². The van der Waals surface area contributed by atoms with Gasteiger partial charge in [0, 0.05) is 5.56 Å². The number of hydrogen-bond acceptors (Lipinski definition) is 2. The number of nitrogens with zero attached hydrogens (tertiary/aromatic N) is 1. The molecule has 0 saturated heterocycles. The van der Waals surface area contributed by atoms with Gasteiger partial charge in [-0.25, -0.2) is 8.78 Å². The van der Waals surface area contributed by atoms with E-state index in [1.165, 1.54) is 13.3 Å². The summed E-state index contributed by atoms with van der Waals surface area (Å²) in [5.41, 5.74) is 0.168. The fraction of sp³-hybridized carbons (Fsp3) is 0.375. The van der Waals surface area contributed by atoms with Gasteiger partial charge in [-0.05, 0) is 15.9 Å². The Balaban J connectivity index is 3.27. The molecule has 1 aromatic heterocycles. The lowest BCUT2D eigenvalue weighted by atomic mass is 10.2. The van der Waals surface area contributed by atoms with Crippen LogP contribution in [-0.2, 0) is 5.88 Å². The van der Waals surface area contributed by atoms with E-state index in [-0.39, 0.29) is 16.0 Å². The minimum atomic E-state index is -2.63. The van der Waals surface area contributed by atoms with Crippen LogP contribution in [0.25, 0.3) is 0 Å². The normalized spacial score (nSPS) is 10.7. The van der Waals surface area contributed by atoms with Crippen molar-refractivity contribution in [3.8, 4) is 5.75 Å². The zero-order valence-corrected chi connectivity index (χ0v) is 9.57. The number of pyridine rings is 1. The predicted octanol–water partition coefficient (Wildman–Crippen LogP) is 3.53. The molecule has 0 atom stereocenters. The Morgan fingerprint density at radius 1 is 1.64 bits per heavy atom. The molecule has 0 N–H and O–H groups in total. The largest absolute Gasteiger partial charge is 0.495 e. The van der Waals surface area contributed by atoms with Crippen molar-refractivity contribution in [2.24, 2.45) is 0 Å². The van der Waals surface area contributed by atoms with Crippen LogP contribution >= 0.6 is 27.5 Å². The first-order valence-electron chi connectivity index (χ1n) is 3.67. The van der Waals surface area contributed by atoms with Gasteiger partial charge in [0.1, 0.15) is 11.4 Å². The van der Waals surface area contributed by atoms with Crippen molar-refractivity contribution in [3.63, 3.8) is 0 Å². The minimum absolute atomic E-state index is 0.0893. The summed E-state index contributed by atoms with van der Waals surface area (Å²) in [6, 6.07) is 0. The van der Waals surface area contributed by atoms with Crippen LogP contribution in [0.15, 0.2) is 10.7 Å². The number of ether oxygens (including phenoxy) is 1. The molecule has 0 aliphatic rings. The third-order valence-corrected chi connectivity index (χ3v) is 2.82. The molecule has 78 valence electrons. The molecule has 0 spiro atoms. The van der Waals surface area contributed by atoms with E-state index in [1.807, 2.05) is 0 Å². The van der Waals surface area contributed by atoms with E-state index in [1.54, 1.807) is 0 Å². The van der Waals surface area contributed by atoms with Crippen LogP contribution in [0.2, 0.25) is 0 Å². The highest BCUT2D eigenvalue weighted by Crippen LogP contribution is 2.34. The summed E-state index contributed by atoms with van der Waals surface area (Å²) in [5, 5.41) is 0. The quantitative estimate of drug-likeness (QED) is 0.793. The summed E-state index contributed by atoms with van der Waals surface area (Å²) in [5.74, 6) is 0.489. The molecule has 2 nitrogen and oxygen atoms in total. The number of hydrogen-bond donors (Lipinski definition) is 0. The molecular weight excluding hydrogens is 279 g/mol. The second-order valence-corrected chi connectivity index (χ2v) is 3.50. The first-order chi connectivity index (χ1) is 6.61. The number of rotatable bonds is 3. The summed E-state index contributed by atoms with van der Waals surface area (Å²) in [6.45, 7) is 0. The molecule has 0 saturated carbocycles. The van der Waals surface area contributed by atoms with Crippen LogP contribution in [0.4, 0.5) is 8.78 Å². The SMILES string of the molecule is COc1cnc(C(F)F)c(Br)c1CCl. The first kappa shape index (κ1) is 11.7. The fourth-order valence-corrected chi connectivity index (χ4v) is 2.02. The molecule has 0 unspecified atom stereocenters. The van der Waals surface area contributed by atoms with Gasteiger partial charge in [-0.2, -0.15) is 0 Å². The number of alkyl halides is 3. The smallest absolute Gasteiger partial charge is 0.281 e. The third kappa shape index (κ3) is 2.15. The van der Waals surface area contributed by atoms with E-state index in [0.29, 0.717) is 11.3 Å². The van der Waals surface area contributed by atoms with Gasteiger partial charge in [0.25, 0.3) is 6.43 Å². The summed E-state index contributed by atoms with van der Waals surface area (Å²) >= 11 is 8.64. The highest BCUT2D eigenvalue weighted by atomic mass is 79.9. The van der Waals surface area contributed by atoms with Crippen LogP contribution in [0.5, 0.6) is 5.75 Å². The fourth-order valence-electron chi connectivity index (χ4n) is 0.978. The van der Waals surface area contributed by atoms with E-state index in [0.717, 1.165) is 0 Å². The molecule has 1 rings (SSSR count).